The van der Waals surface area contributed by atoms with Gasteiger partial charge in [0.2, 0.25) is 0 Å². The molecule has 0 aliphatic heterocycles. The van der Waals surface area contributed by atoms with Crippen molar-refractivity contribution >= 4 is 0 Å². The first-order valence-corrected chi connectivity index (χ1v) is 4.52. The third-order valence-electron chi connectivity index (χ3n) is 1.48. The zero-order valence-corrected chi connectivity index (χ0v) is 10.4. The first kappa shape index (κ1) is 14.9. The molecule has 0 amide bonds. The molecule has 0 N–H and O–H groups in total. The summed E-state index contributed by atoms with van der Waals surface area (Å²) < 4.78 is 0.617. The highest BCUT2D eigenvalue weighted by molar-refractivity contribution is 4.36. The van der Waals surface area contributed by atoms with Crippen molar-refractivity contribution in [3.8, 4) is 0 Å². The Kier molecular flexibility index (Phi) is 9.96. The van der Waals surface area contributed by atoms with Crippen LogP contribution in [-0.2, 0) is 4.84 Å². The number of rotatable bonds is 6. The van der Waals surface area contributed by atoms with Crippen molar-refractivity contribution in [1.82, 2.24) is 0 Å². The van der Waals surface area contributed by atoms with Gasteiger partial charge >= 0.3 is 0 Å². The van der Waals surface area contributed by atoms with E-state index in [1.807, 2.05) is 21.1 Å². The molecule has 0 spiro atoms. The highest BCUT2D eigenvalue weighted by atomic mass is 79.9. The van der Waals surface area contributed by atoms with Crippen LogP contribution in [0.15, 0.2) is 0 Å². The summed E-state index contributed by atoms with van der Waals surface area (Å²) in [6.07, 6.45) is 5.13. The Morgan fingerprint density at radius 2 is 1.58 bits per heavy atom. The van der Waals surface area contributed by atoms with Gasteiger partial charge in [-0.1, -0.05) is 26.2 Å². The number of hydroxylamine groups is 3. The molecule has 0 aromatic carbocycles. The lowest BCUT2D eigenvalue weighted by Gasteiger charge is -2.20. The van der Waals surface area contributed by atoms with Crippen molar-refractivity contribution in [2.75, 3.05) is 27.7 Å². The van der Waals surface area contributed by atoms with Crippen LogP contribution in [0.1, 0.15) is 32.6 Å². The van der Waals surface area contributed by atoms with Gasteiger partial charge in [0.05, 0.1) is 21.1 Å². The van der Waals surface area contributed by atoms with Gasteiger partial charge in [-0.05, 0) is 6.42 Å². The van der Waals surface area contributed by atoms with Crippen LogP contribution in [0.25, 0.3) is 0 Å². The maximum Gasteiger partial charge on any atom is 0.106 e. The molecule has 2 nitrogen and oxygen atoms in total. The minimum absolute atomic E-state index is 0. The molecule has 76 valence electrons. The Bertz CT molecular complexity index is 91.0. The van der Waals surface area contributed by atoms with E-state index in [-0.39, 0.29) is 17.0 Å². The normalized spacial score (nSPS) is 11.0. The fraction of sp³-hybridized carbons (Fsp3) is 1.00. The minimum atomic E-state index is 0. The fourth-order valence-electron chi connectivity index (χ4n) is 0.867. The molecule has 0 saturated heterocycles. The Morgan fingerprint density at radius 1 is 1.00 bits per heavy atom. The number of hydrogen-bond donors (Lipinski definition) is 0. The van der Waals surface area contributed by atoms with Gasteiger partial charge in [-0.3, -0.25) is 0 Å². The highest BCUT2D eigenvalue weighted by Gasteiger charge is 2.05. The van der Waals surface area contributed by atoms with Crippen molar-refractivity contribution in [2.45, 2.75) is 32.6 Å². The van der Waals surface area contributed by atoms with Crippen LogP contribution in [-0.4, -0.2) is 32.4 Å². The summed E-state index contributed by atoms with van der Waals surface area (Å²) in [6.45, 7) is 3.12. The van der Waals surface area contributed by atoms with Gasteiger partial charge in [0.25, 0.3) is 0 Å². The second-order valence-electron chi connectivity index (χ2n) is 3.78. The van der Waals surface area contributed by atoms with Crippen LogP contribution < -0.4 is 17.0 Å². The predicted octanol–water partition coefficient (Wildman–Crippen LogP) is -0.791. The van der Waals surface area contributed by atoms with Crippen LogP contribution in [0.5, 0.6) is 0 Å². The molecule has 12 heavy (non-hydrogen) atoms. The molecular formula is C9H22BrNO. The van der Waals surface area contributed by atoms with Crippen LogP contribution in [0.4, 0.5) is 0 Å². The summed E-state index contributed by atoms with van der Waals surface area (Å²) in [6, 6.07) is 0. The van der Waals surface area contributed by atoms with Gasteiger partial charge in [-0.15, -0.1) is 0 Å². The summed E-state index contributed by atoms with van der Waals surface area (Å²) in [7, 11) is 6.12. The first-order valence-electron chi connectivity index (χ1n) is 4.52. The first-order chi connectivity index (χ1) is 5.06. The summed E-state index contributed by atoms with van der Waals surface area (Å²) in [5.41, 5.74) is 0. The van der Waals surface area contributed by atoms with Crippen LogP contribution in [0.3, 0.4) is 0 Å². The molecule has 0 fully saturated rings. The van der Waals surface area contributed by atoms with Gasteiger partial charge in [0.1, 0.15) is 6.61 Å². The van der Waals surface area contributed by atoms with Crippen molar-refractivity contribution in [3.05, 3.63) is 0 Å². The zero-order valence-electron chi connectivity index (χ0n) is 8.77. The lowest BCUT2D eigenvalue weighted by Crippen LogP contribution is -3.00. The number of hydrogen-bond acceptors (Lipinski definition) is 1. The van der Waals surface area contributed by atoms with E-state index >= 15 is 0 Å². The van der Waals surface area contributed by atoms with E-state index in [1.54, 1.807) is 0 Å². The molecule has 0 radical (unpaired) electrons. The highest BCUT2D eigenvalue weighted by Crippen LogP contribution is 2.01. The lowest BCUT2D eigenvalue weighted by molar-refractivity contribution is -1.06. The quantitative estimate of drug-likeness (QED) is 0.336. The average Bonchev–Trinajstić information content (AvgIpc) is 1.85. The van der Waals surface area contributed by atoms with E-state index in [9.17, 15) is 0 Å². The van der Waals surface area contributed by atoms with E-state index < -0.39 is 0 Å². The van der Waals surface area contributed by atoms with Gasteiger partial charge < -0.3 is 17.0 Å². The Balaban J connectivity index is 0. The van der Waals surface area contributed by atoms with E-state index in [4.69, 9.17) is 4.84 Å². The van der Waals surface area contributed by atoms with Crippen molar-refractivity contribution in [3.63, 3.8) is 0 Å². The molecular weight excluding hydrogens is 218 g/mol. The molecule has 0 rings (SSSR count). The van der Waals surface area contributed by atoms with Crippen LogP contribution >= 0.6 is 0 Å². The second-order valence-corrected chi connectivity index (χ2v) is 3.78. The van der Waals surface area contributed by atoms with Crippen LogP contribution in [0.2, 0.25) is 0 Å². The topological polar surface area (TPSA) is 9.23 Å². The second kappa shape index (κ2) is 8.02. The third-order valence-corrected chi connectivity index (χ3v) is 1.48. The molecule has 0 heterocycles. The monoisotopic (exact) mass is 239 g/mol. The lowest BCUT2D eigenvalue weighted by atomic mass is 10.2. The molecule has 0 aliphatic carbocycles. The third kappa shape index (κ3) is 13.0. The standard InChI is InChI=1S/C9H22NO.BrH/c1-5-6-7-8-9-11-10(2,3)4;/h5-9H2,1-4H3;1H/q+1;/p-1. The van der Waals surface area contributed by atoms with Gasteiger partial charge in [-0.25, -0.2) is 4.84 Å². The van der Waals surface area contributed by atoms with Crippen molar-refractivity contribution in [2.24, 2.45) is 0 Å². The Hall–Kier alpha value is 0.400. The van der Waals surface area contributed by atoms with E-state index in [2.05, 4.69) is 6.92 Å². The average molecular weight is 240 g/mol. The molecule has 0 saturated carbocycles. The molecule has 3 heteroatoms. The summed E-state index contributed by atoms with van der Waals surface area (Å²) in [4.78, 5) is 5.51. The molecule has 0 aromatic rings. The van der Waals surface area contributed by atoms with E-state index in [0.29, 0.717) is 4.65 Å². The number of nitrogens with zero attached hydrogens (tertiary/aromatic N) is 1. The molecule has 0 atom stereocenters. The SMILES string of the molecule is CCCCCCO[N+](C)(C)C.[Br-]. The summed E-state index contributed by atoms with van der Waals surface area (Å²) >= 11 is 0. The fourth-order valence-corrected chi connectivity index (χ4v) is 0.867. The molecule has 0 aromatic heterocycles. The Labute approximate surface area is 87.2 Å². The summed E-state index contributed by atoms with van der Waals surface area (Å²) in [5.74, 6) is 0. The molecule has 0 unspecified atom stereocenters. The zero-order chi connectivity index (χ0) is 8.74. The summed E-state index contributed by atoms with van der Waals surface area (Å²) in [5, 5.41) is 0. The molecule has 0 aliphatic rings. The smallest absolute Gasteiger partial charge is 0.106 e. The number of unbranched alkanes of at least 4 members (excludes halogenated alkanes) is 3. The number of halogens is 1. The minimum Gasteiger partial charge on any atom is -1.00 e. The van der Waals surface area contributed by atoms with Gasteiger partial charge in [0.15, 0.2) is 0 Å². The largest absolute Gasteiger partial charge is 1.00 e. The van der Waals surface area contributed by atoms with E-state index in [0.717, 1.165) is 6.61 Å². The van der Waals surface area contributed by atoms with Gasteiger partial charge in [-0.2, -0.15) is 4.65 Å². The van der Waals surface area contributed by atoms with Gasteiger partial charge in [0, 0.05) is 0 Å². The van der Waals surface area contributed by atoms with Crippen LogP contribution in [0, 0.1) is 0 Å². The maximum absolute atomic E-state index is 5.51. The van der Waals surface area contributed by atoms with Crippen molar-refractivity contribution < 1.29 is 26.5 Å². The number of quaternary nitrogens is 1. The maximum atomic E-state index is 5.51. The van der Waals surface area contributed by atoms with E-state index in [1.165, 1.54) is 25.7 Å². The Morgan fingerprint density at radius 3 is 2.00 bits per heavy atom. The molecule has 0 bridgehead atoms. The van der Waals surface area contributed by atoms with Crippen molar-refractivity contribution in [1.29, 1.82) is 0 Å². The predicted molar refractivity (Wildman–Crippen MR) is 48.1 cm³/mol.